The average Bonchev–Trinajstić information content (AvgIpc) is 3.21. The lowest BCUT2D eigenvalue weighted by molar-refractivity contribution is -0.145. The van der Waals surface area contributed by atoms with Crippen molar-refractivity contribution in [2.45, 2.75) is 57.5 Å². The Morgan fingerprint density at radius 3 is 2.65 bits per heavy atom. The van der Waals surface area contributed by atoms with Gasteiger partial charge in [0.2, 0.25) is 5.91 Å². The highest BCUT2D eigenvalue weighted by atomic mass is 16.3. The lowest BCUT2D eigenvalue weighted by atomic mass is 9.73. The molecule has 1 amide bonds. The quantitative estimate of drug-likeness (QED) is 0.899. The van der Waals surface area contributed by atoms with Crippen molar-refractivity contribution in [2.75, 3.05) is 6.54 Å². The summed E-state index contributed by atoms with van der Waals surface area (Å²) in [4.78, 5) is 15.1. The highest BCUT2D eigenvalue weighted by Gasteiger charge is 2.45. The number of nitrogens with zero attached hydrogens (tertiary/aromatic N) is 1. The number of hydrogen-bond donors (Lipinski definition) is 1. The van der Waals surface area contributed by atoms with Gasteiger partial charge in [0.25, 0.3) is 0 Å². The number of hydrogen-bond acceptors (Lipinski definition) is 3. The summed E-state index contributed by atoms with van der Waals surface area (Å²) in [7, 11) is 0. The predicted octanol–water partition coefficient (Wildman–Crippen LogP) is 2.68. The van der Waals surface area contributed by atoms with Gasteiger partial charge in [-0.3, -0.25) is 4.79 Å². The average molecular weight is 276 g/mol. The predicted molar refractivity (Wildman–Crippen MR) is 76.9 cm³/mol. The van der Waals surface area contributed by atoms with E-state index in [1.807, 2.05) is 17.0 Å². The molecular weight excluding hydrogens is 252 g/mol. The van der Waals surface area contributed by atoms with E-state index in [4.69, 9.17) is 10.2 Å². The monoisotopic (exact) mass is 276 g/mol. The SMILES string of the molecule is NCC1(C(=O)N(Cc2ccco2)C2CC2)CCCCC1. The first kappa shape index (κ1) is 13.7. The van der Waals surface area contributed by atoms with Crippen molar-refractivity contribution in [3.05, 3.63) is 24.2 Å². The van der Waals surface area contributed by atoms with E-state index >= 15 is 0 Å². The topological polar surface area (TPSA) is 59.5 Å². The van der Waals surface area contributed by atoms with E-state index in [1.54, 1.807) is 6.26 Å². The summed E-state index contributed by atoms with van der Waals surface area (Å²) in [5, 5.41) is 0. The molecule has 1 aromatic rings. The van der Waals surface area contributed by atoms with E-state index in [2.05, 4.69) is 0 Å². The molecule has 0 atom stereocenters. The molecule has 110 valence electrons. The van der Waals surface area contributed by atoms with Gasteiger partial charge in [0.05, 0.1) is 18.2 Å². The molecule has 1 heterocycles. The molecule has 2 aliphatic rings. The summed E-state index contributed by atoms with van der Waals surface area (Å²) in [6.07, 6.45) is 9.29. The van der Waals surface area contributed by atoms with Crippen molar-refractivity contribution in [3.8, 4) is 0 Å². The third-order valence-electron chi connectivity index (χ3n) is 4.81. The zero-order chi connectivity index (χ0) is 14.0. The van der Waals surface area contributed by atoms with Gasteiger partial charge in [0.15, 0.2) is 0 Å². The van der Waals surface area contributed by atoms with Crippen LogP contribution in [0.1, 0.15) is 50.7 Å². The molecule has 0 bridgehead atoms. The van der Waals surface area contributed by atoms with Crippen LogP contribution in [0.25, 0.3) is 0 Å². The maximum absolute atomic E-state index is 13.1. The van der Waals surface area contributed by atoms with E-state index in [1.165, 1.54) is 6.42 Å². The molecule has 0 radical (unpaired) electrons. The molecule has 4 nitrogen and oxygen atoms in total. The molecule has 0 aliphatic heterocycles. The molecule has 2 N–H and O–H groups in total. The van der Waals surface area contributed by atoms with Crippen molar-refractivity contribution in [2.24, 2.45) is 11.1 Å². The minimum Gasteiger partial charge on any atom is -0.467 e. The van der Waals surface area contributed by atoms with Crippen LogP contribution in [0.4, 0.5) is 0 Å². The van der Waals surface area contributed by atoms with Crippen LogP contribution in [-0.2, 0) is 11.3 Å². The fraction of sp³-hybridized carbons (Fsp3) is 0.688. The first-order valence-electron chi connectivity index (χ1n) is 7.79. The smallest absolute Gasteiger partial charge is 0.230 e. The zero-order valence-corrected chi connectivity index (χ0v) is 12.0. The number of carbonyl (C=O) groups excluding carboxylic acids is 1. The minimum atomic E-state index is -0.312. The second kappa shape index (κ2) is 5.60. The van der Waals surface area contributed by atoms with Crippen LogP contribution >= 0.6 is 0 Å². The van der Waals surface area contributed by atoms with Crippen LogP contribution in [0.3, 0.4) is 0 Å². The van der Waals surface area contributed by atoms with Gasteiger partial charge in [-0.1, -0.05) is 19.3 Å². The molecular formula is C16H24N2O2. The Morgan fingerprint density at radius 2 is 2.10 bits per heavy atom. The molecule has 4 heteroatoms. The van der Waals surface area contributed by atoms with Gasteiger partial charge in [-0.25, -0.2) is 0 Å². The van der Waals surface area contributed by atoms with Crippen LogP contribution < -0.4 is 5.73 Å². The molecule has 0 unspecified atom stereocenters. The number of carbonyl (C=O) groups is 1. The summed E-state index contributed by atoms with van der Waals surface area (Å²) >= 11 is 0. The number of amides is 1. The standard InChI is InChI=1S/C16H24N2O2/c17-12-16(8-2-1-3-9-16)15(19)18(13-6-7-13)11-14-5-4-10-20-14/h4-5,10,13H,1-3,6-9,11-12,17H2. The van der Waals surface area contributed by atoms with Gasteiger partial charge >= 0.3 is 0 Å². The van der Waals surface area contributed by atoms with E-state index < -0.39 is 0 Å². The van der Waals surface area contributed by atoms with E-state index in [-0.39, 0.29) is 11.3 Å². The Morgan fingerprint density at radius 1 is 1.35 bits per heavy atom. The Kier molecular flexibility index (Phi) is 3.83. The lowest BCUT2D eigenvalue weighted by Gasteiger charge is -2.39. The summed E-state index contributed by atoms with van der Waals surface area (Å²) in [6, 6.07) is 4.22. The summed E-state index contributed by atoms with van der Waals surface area (Å²) in [5.74, 6) is 1.13. The van der Waals surface area contributed by atoms with E-state index in [0.29, 0.717) is 19.1 Å². The van der Waals surface area contributed by atoms with Crippen molar-refractivity contribution in [1.29, 1.82) is 0 Å². The van der Waals surface area contributed by atoms with Gasteiger partial charge < -0.3 is 15.1 Å². The van der Waals surface area contributed by atoms with Crippen LogP contribution in [0.2, 0.25) is 0 Å². The summed E-state index contributed by atoms with van der Waals surface area (Å²) < 4.78 is 5.42. The molecule has 2 fully saturated rings. The molecule has 0 spiro atoms. The second-order valence-electron chi connectivity index (χ2n) is 6.29. The number of furan rings is 1. The Bertz CT molecular complexity index is 445. The van der Waals surface area contributed by atoms with Crippen LogP contribution in [0.15, 0.2) is 22.8 Å². The van der Waals surface area contributed by atoms with Crippen molar-refractivity contribution in [3.63, 3.8) is 0 Å². The Labute approximate surface area is 120 Å². The first-order chi connectivity index (χ1) is 9.75. The molecule has 20 heavy (non-hydrogen) atoms. The summed E-state index contributed by atoms with van der Waals surface area (Å²) in [6.45, 7) is 1.07. The first-order valence-corrected chi connectivity index (χ1v) is 7.79. The molecule has 2 aliphatic carbocycles. The molecule has 2 saturated carbocycles. The van der Waals surface area contributed by atoms with E-state index in [9.17, 15) is 4.79 Å². The highest BCUT2D eigenvalue weighted by molar-refractivity contribution is 5.83. The third-order valence-corrected chi connectivity index (χ3v) is 4.81. The van der Waals surface area contributed by atoms with E-state index in [0.717, 1.165) is 44.3 Å². The molecule has 0 saturated heterocycles. The molecule has 1 aromatic heterocycles. The molecule has 3 rings (SSSR count). The van der Waals surface area contributed by atoms with Gasteiger partial charge in [0, 0.05) is 12.6 Å². The van der Waals surface area contributed by atoms with Crippen LogP contribution in [-0.4, -0.2) is 23.4 Å². The van der Waals surface area contributed by atoms with Gasteiger partial charge in [-0.2, -0.15) is 0 Å². The number of rotatable bonds is 5. The Balaban J connectivity index is 1.77. The van der Waals surface area contributed by atoms with Gasteiger partial charge in [-0.15, -0.1) is 0 Å². The lowest BCUT2D eigenvalue weighted by Crippen LogP contribution is -2.49. The highest BCUT2D eigenvalue weighted by Crippen LogP contribution is 2.40. The Hall–Kier alpha value is -1.29. The normalized spacial score (nSPS) is 21.6. The minimum absolute atomic E-state index is 0.263. The van der Waals surface area contributed by atoms with Gasteiger partial charge in [-0.05, 0) is 37.8 Å². The summed E-state index contributed by atoms with van der Waals surface area (Å²) in [5.41, 5.74) is 5.69. The largest absolute Gasteiger partial charge is 0.467 e. The van der Waals surface area contributed by atoms with Crippen molar-refractivity contribution < 1.29 is 9.21 Å². The van der Waals surface area contributed by atoms with Crippen molar-refractivity contribution >= 4 is 5.91 Å². The third kappa shape index (κ3) is 2.62. The second-order valence-corrected chi connectivity index (χ2v) is 6.29. The fourth-order valence-corrected chi connectivity index (χ4v) is 3.36. The molecule has 0 aromatic carbocycles. The number of nitrogens with two attached hydrogens (primary N) is 1. The fourth-order valence-electron chi connectivity index (χ4n) is 3.36. The van der Waals surface area contributed by atoms with Gasteiger partial charge in [0.1, 0.15) is 5.76 Å². The van der Waals surface area contributed by atoms with Crippen LogP contribution in [0, 0.1) is 5.41 Å². The zero-order valence-electron chi connectivity index (χ0n) is 12.0. The maximum Gasteiger partial charge on any atom is 0.230 e. The van der Waals surface area contributed by atoms with Crippen molar-refractivity contribution in [1.82, 2.24) is 4.90 Å². The maximum atomic E-state index is 13.1. The van der Waals surface area contributed by atoms with Crippen LogP contribution in [0.5, 0.6) is 0 Å².